The van der Waals surface area contributed by atoms with Gasteiger partial charge >= 0.3 is 0 Å². The molecule has 1 aliphatic rings. The van der Waals surface area contributed by atoms with Crippen LogP contribution in [0.2, 0.25) is 0 Å². The van der Waals surface area contributed by atoms with E-state index in [0.29, 0.717) is 11.7 Å². The Bertz CT molecular complexity index is 756. The minimum absolute atomic E-state index is 0.696. The molecule has 0 aliphatic carbocycles. The van der Waals surface area contributed by atoms with Gasteiger partial charge in [0.25, 0.3) is 0 Å². The highest BCUT2D eigenvalue weighted by atomic mass is 32.1. The Kier molecular flexibility index (Phi) is 7.82. The second kappa shape index (κ2) is 10.5. The summed E-state index contributed by atoms with van der Waals surface area (Å²) < 4.78 is 7.45. The van der Waals surface area contributed by atoms with E-state index in [2.05, 4.69) is 58.3 Å². The summed E-state index contributed by atoms with van der Waals surface area (Å²) in [5.41, 5.74) is 4.71. The first-order chi connectivity index (χ1) is 13.6. The van der Waals surface area contributed by atoms with Crippen LogP contribution < -0.4 is 10.6 Å². The summed E-state index contributed by atoms with van der Waals surface area (Å²) in [7, 11) is 0. The van der Waals surface area contributed by atoms with E-state index in [-0.39, 0.29) is 0 Å². The van der Waals surface area contributed by atoms with Crippen LogP contribution in [0, 0.1) is 13.8 Å². The van der Waals surface area contributed by atoms with Gasteiger partial charge in [-0.2, -0.15) is 5.10 Å². The minimum Gasteiger partial charge on any atom is -0.379 e. The zero-order valence-corrected chi connectivity index (χ0v) is 17.7. The Labute approximate surface area is 173 Å². The van der Waals surface area contributed by atoms with Crippen molar-refractivity contribution in [3.8, 4) is 0 Å². The standard InChI is InChI=1S/C21H31N5OS/c1-17-20(18(2)26(24-17)16-19-7-4-3-5-8-19)15-23-21(28)22-9-6-10-25-11-13-27-14-12-25/h3-5,7-8H,6,9-16H2,1-2H3,(H2,22,23,28). The Morgan fingerprint density at radius 1 is 1.14 bits per heavy atom. The Morgan fingerprint density at radius 3 is 2.64 bits per heavy atom. The monoisotopic (exact) mass is 401 g/mol. The number of thiocarbonyl (C=S) groups is 1. The lowest BCUT2D eigenvalue weighted by atomic mass is 10.2. The summed E-state index contributed by atoms with van der Waals surface area (Å²) in [6.45, 7) is 11.4. The SMILES string of the molecule is Cc1nn(Cc2ccccc2)c(C)c1CNC(=S)NCCCN1CCOCC1. The molecule has 0 bridgehead atoms. The lowest BCUT2D eigenvalue weighted by Crippen LogP contribution is -2.39. The van der Waals surface area contributed by atoms with Gasteiger partial charge in [-0.25, -0.2) is 0 Å². The molecule has 1 aromatic carbocycles. The van der Waals surface area contributed by atoms with E-state index in [1.165, 1.54) is 16.8 Å². The number of nitrogens with one attached hydrogen (secondary N) is 2. The number of hydrogen-bond acceptors (Lipinski definition) is 4. The van der Waals surface area contributed by atoms with Crippen molar-refractivity contribution in [1.29, 1.82) is 0 Å². The molecule has 2 aromatic rings. The van der Waals surface area contributed by atoms with Gasteiger partial charge in [-0.05, 0) is 44.6 Å². The molecule has 2 N–H and O–H groups in total. The Balaban J connectivity index is 1.41. The van der Waals surface area contributed by atoms with Crippen molar-refractivity contribution < 1.29 is 4.74 Å². The molecular weight excluding hydrogens is 370 g/mol. The molecule has 1 aromatic heterocycles. The first kappa shape index (κ1) is 20.8. The van der Waals surface area contributed by atoms with E-state index < -0.39 is 0 Å². The van der Waals surface area contributed by atoms with Crippen LogP contribution in [0.15, 0.2) is 30.3 Å². The van der Waals surface area contributed by atoms with Crippen LogP contribution in [0.1, 0.15) is 28.9 Å². The molecular formula is C21H31N5OS. The summed E-state index contributed by atoms with van der Waals surface area (Å²) in [6, 6.07) is 10.4. The lowest BCUT2D eigenvalue weighted by molar-refractivity contribution is 0.0376. The molecule has 0 radical (unpaired) electrons. The molecule has 0 amide bonds. The first-order valence-electron chi connectivity index (χ1n) is 10.0. The third-order valence-electron chi connectivity index (χ3n) is 5.17. The van der Waals surface area contributed by atoms with Crippen molar-refractivity contribution in [1.82, 2.24) is 25.3 Å². The van der Waals surface area contributed by atoms with Crippen molar-refractivity contribution in [2.24, 2.45) is 0 Å². The fourth-order valence-corrected chi connectivity index (χ4v) is 3.63. The van der Waals surface area contributed by atoms with E-state index in [1.807, 2.05) is 6.07 Å². The average molecular weight is 402 g/mol. The van der Waals surface area contributed by atoms with E-state index in [0.717, 1.165) is 58.1 Å². The van der Waals surface area contributed by atoms with E-state index in [4.69, 9.17) is 22.1 Å². The third-order valence-corrected chi connectivity index (χ3v) is 5.46. The average Bonchev–Trinajstić information content (AvgIpc) is 2.98. The molecule has 1 aliphatic heterocycles. The normalized spacial score (nSPS) is 14.8. The maximum Gasteiger partial charge on any atom is 0.166 e. The fraction of sp³-hybridized carbons (Fsp3) is 0.524. The Morgan fingerprint density at radius 2 is 1.89 bits per heavy atom. The molecule has 0 spiro atoms. The van der Waals surface area contributed by atoms with Crippen molar-refractivity contribution in [2.45, 2.75) is 33.4 Å². The summed E-state index contributed by atoms with van der Waals surface area (Å²) in [6.07, 6.45) is 1.08. The zero-order valence-electron chi connectivity index (χ0n) is 16.9. The van der Waals surface area contributed by atoms with E-state index in [1.54, 1.807) is 0 Å². The van der Waals surface area contributed by atoms with Gasteiger partial charge in [0.2, 0.25) is 0 Å². The van der Waals surface area contributed by atoms with Crippen molar-refractivity contribution in [3.63, 3.8) is 0 Å². The lowest BCUT2D eigenvalue weighted by Gasteiger charge is -2.26. The molecule has 152 valence electrons. The number of rotatable bonds is 8. The molecule has 0 saturated carbocycles. The summed E-state index contributed by atoms with van der Waals surface area (Å²) in [5, 5.41) is 12.1. The molecule has 7 heteroatoms. The number of benzene rings is 1. The number of aromatic nitrogens is 2. The topological polar surface area (TPSA) is 54.4 Å². The first-order valence-corrected chi connectivity index (χ1v) is 10.4. The van der Waals surface area contributed by atoms with Gasteiger partial charge in [0, 0.05) is 37.4 Å². The van der Waals surface area contributed by atoms with Crippen molar-refractivity contribution in [2.75, 3.05) is 39.4 Å². The van der Waals surface area contributed by atoms with Crippen molar-refractivity contribution >= 4 is 17.3 Å². The van der Waals surface area contributed by atoms with Gasteiger partial charge in [-0.15, -0.1) is 0 Å². The van der Waals surface area contributed by atoms with Crippen LogP contribution in [-0.2, 0) is 17.8 Å². The van der Waals surface area contributed by atoms with E-state index >= 15 is 0 Å². The second-order valence-corrected chi connectivity index (χ2v) is 7.62. The quantitative estimate of drug-likeness (QED) is 0.523. The maximum absolute atomic E-state index is 5.44. The van der Waals surface area contributed by atoms with Crippen LogP contribution in [0.4, 0.5) is 0 Å². The highest BCUT2D eigenvalue weighted by Gasteiger charge is 2.12. The molecule has 3 rings (SSSR count). The van der Waals surface area contributed by atoms with Gasteiger partial charge < -0.3 is 15.4 Å². The predicted octanol–water partition coefficient (Wildman–Crippen LogP) is 2.23. The van der Waals surface area contributed by atoms with Crippen molar-refractivity contribution in [3.05, 3.63) is 52.8 Å². The van der Waals surface area contributed by atoms with Gasteiger partial charge in [0.1, 0.15) is 0 Å². The molecule has 0 atom stereocenters. The largest absolute Gasteiger partial charge is 0.379 e. The third kappa shape index (κ3) is 6.02. The highest BCUT2D eigenvalue weighted by Crippen LogP contribution is 2.14. The Hall–Kier alpha value is -1.96. The van der Waals surface area contributed by atoms with Gasteiger partial charge in [0.05, 0.1) is 25.5 Å². The number of ether oxygens (including phenoxy) is 1. The van der Waals surface area contributed by atoms with Crippen LogP contribution in [0.5, 0.6) is 0 Å². The molecule has 1 fully saturated rings. The molecule has 0 unspecified atom stereocenters. The fourth-order valence-electron chi connectivity index (χ4n) is 3.46. The van der Waals surface area contributed by atoms with Crippen LogP contribution in [0.3, 0.4) is 0 Å². The van der Waals surface area contributed by atoms with Gasteiger partial charge in [-0.3, -0.25) is 9.58 Å². The maximum atomic E-state index is 5.44. The zero-order chi connectivity index (χ0) is 19.8. The number of hydrogen-bond donors (Lipinski definition) is 2. The molecule has 28 heavy (non-hydrogen) atoms. The minimum atomic E-state index is 0.696. The van der Waals surface area contributed by atoms with Crippen LogP contribution in [0.25, 0.3) is 0 Å². The van der Waals surface area contributed by atoms with E-state index in [9.17, 15) is 0 Å². The molecule has 1 saturated heterocycles. The number of aryl methyl sites for hydroxylation is 1. The van der Waals surface area contributed by atoms with Gasteiger partial charge in [-0.1, -0.05) is 30.3 Å². The number of morpholine rings is 1. The molecule has 2 heterocycles. The molecule has 6 nitrogen and oxygen atoms in total. The summed E-state index contributed by atoms with van der Waals surface area (Å²) >= 11 is 5.44. The smallest absolute Gasteiger partial charge is 0.166 e. The highest BCUT2D eigenvalue weighted by molar-refractivity contribution is 7.80. The number of nitrogens with zero attached hydrogens (tertiary/aromatic N) is 3. The summed E-state index contributed by atoms with van der Waals surface area (Å²) in [5.74, 6) is 0. The van der Waals surface area contributed by atoms with Gasteiger partial charge in [0.15, 0.2) is 5.11 Å². The predicted molar refractivity (Wildman–Crippen MR) is 117 cm³/mol. The summed E-state index contributed by atoms with van der Waals surface area (Å²) in [4.78, 5) is 2.44. The second-order valence-electron chi connectivity index (χ2n) is 7.21. The van der Waals surface area contributed by atoms with Crippen LogP contribution >= 0.6 is 12.2 Å². The van der Waals surface area contributed by atoms with Crippen LogP contribution in [-0.4, -0.2) is 59.2 Å².